The highest BCUT2D eigenvalue weighted by Gasteiger charge is 2.46. The van der Waals surface area contributed by atoms with Crippen LogP contribution < -0.4 is 10.1 Å². The second-order valence-corrected chi connectivity index (χ2v) is 13.6. The van der Waals surface area contributed by atoms with Crippen LogP contribution in [-0.4, -0.2) is 33.0 Å². The van der Waals surface area contributed by atoms with Gasteiger partial charge in [0.05, 0.1) is 23.5 Å². The Morgan fingerprint density at radius 1 is 1.00 bits per heavy atom. The molecule has 7 rings (SSSR count). The van der Waals surface area contributed by atoms with E-state index in [0.717, 1.165) is 45.3 Å². The van der Waals surface area contributed by atoms with Crippen LogP contribution in [-0.2, 0) is 10.5 Å². The van der Waals surface area contributed by atoms with Crippen molar-refractivity contribution in [2.75, 3.05) is 12.4 Å². The van der Waals surface area contributed by atoms with Gasteiger partial charge >= 0.3 is 0 Å². The second kappa shape index (κ2) is 13.1. The standard InChI is InChI=1S/C36H30ClN5O2S2/c1-22-8-15-27(16-9-22)45-21-23-10-12-24(13-11-23)35-39-40-36(46-35)38-34(43)29-19-28(29)30-20-42(26-6-4-3-5-7-26)41-33(30)25-14-17-32(44-2)31(37)18-25/h3-18,20,28-29H,19,21H2,1-2H3,(H,38,40,43). The van der Waals surface area contributed by atoms with E-state index in [0.29, 0.717) is 15.9 Å². The number of amides is 1. The predicted octanol–water partition coefficient (Wildman–Crippen LogP) is 9.06. The molecule has 0 radical (unpaired) electrons. The van der Waals surface area contributed by atoms with Crippen molar-refractivity contribution >= 4 is 45.7 Å². The van der Waals surface area contributed by atoms with Crippen LogP contribution in [0.25, 0.3) is 27.5 Å². The molecule has 2 heterocycles. The van der Waals surface area contributed by atoms with Gasteiger partial charge in [-0.1, -0.05) is 83.1 Å². The van der Waals surface area contributed by atoms with Gasteiger partial charge in [0.15, 0.2) is 0 Å². The van der Waals surface area contributed by atoms with E-state index >= 15 is 0 Å². The first kappa shape index (κ1) is 30.2. The Morgan fingerprint density at radius 2 is 1.76 bits per heavy atom. The zero-order valence-electron chi connectivity index (χ0n) is 25.2. The van der Waals surface area contributed by atoms with Crippen molar-refractivity contribution < 1.29 is 9.53 Å². The van der Waals surface area contributed by atoms with Crippen LogP contribution >= 0.6 is 34.7 Å². The van der Waals surface area contributed by atoms with Crippen LogP contribution in [0.3, 0.4) is 0 Å². The third-order valence-electron chi connectivity index (χ3n) is 8.00. The Labute approximate surface area is 280 Å². The molecule has 1 aliphatic carbocycles. The summed E-state index contributed by atoms with van der Waals surface area (Å²) in [6, 6.07) is 32.5. The zero-order valence-corrected chi connectivity index (χ0v) is 27.6. The van der Waals surface area contributed by atoms with Crippen molar-refractivity contribution in [3.63, 3.8) is 0 Å². The molecule has 1 amide bonds. The van der Waals surface area contributed by atoms with Crippen molar-refractivity contribution in [3.8, 4) is 33.3 Å². The second-order valence-electron chi connectivity index (χ2n) is 11.2. The van der Waals surface area contributed by atoms with E-state index in [-0.39, 0.29) is 17.7 Å². The van der Waals surface area contributed by atoms with E-state index in [4.69, 9.17) is 21.4 Å². The van der Waals surface area contributed by atoms with Crippen molar-refractivity contribution in [2.45, 2.75) is 29.9 Å². The Hall–Kier alpha value is -4.44. The largest absolute Gasteiger partial charge is 0.495 e. The molecule has 0 spiro atoms. The fourth-order valence-electron chi connectivity index (χ4n) is 5.37. The third kappa shape index (κ3) is 6.58. The molecule has 6 aromatic rings. The Balaban J connectivity index is 1.03. The van der Waals surface area contributed by atoms with Gasteiger partial charge in [-0.25, -0.2) is 4.68 Å². The van der Waals surface area contributed by atoms with E-state index < -0.39 is 0 Å². The number of benzene rings is 4. The maximum absolute atomic E-state index is 13.4. The number of para-hydroxylation sites is 1. The molecule has 0 saturated heterocycles. The number of hydrogen-bond donors (Lipinski definition) is 1. The van der Waals surface area contributed by atoms with Crippen LogP contribution in [0, 0.1) is 12.8 Å². The molecule has 7 nitrogen and oxygen atoms in total. The van der Waals surface area contributed by atoms with Gasteiger partial charge in [-0.05, 0) is 61.4 Å². The molecule has 1 fully saturated rings. The van der Waals surface area contributed by atoms with Crippen molar-refractivity contribution in [1.29, 1.82) is 0 Å². The summed E-state index contributed by atoms with van der Waals surface area (Å²) in [5, 5.41) is 18.3. The summed E-state index contributed by atoms with van der Waals surface area (Å²) < 4.78 is 7.21. The molecule has 2 aromatic heterocycles. The number of methoxy groups -OCH3 is 1. The van der Waals surface area contributed by atoms with E-state index in [1.807, 2.05) is 71.2 Å². The average molecular weight is 664 g/mol. The number of halogens is 1. The van der Waals surface area contributed by atoms with E-state index in [2.05, 4.69) is 71.0 Å². The fraction of sp³-hybridized carbons (Fsp3) is 0.167. The normalized spacial score (nSPS) is 15.5. The Morgan fingerprint density at radius 3 is 2.50 bits per heavy atom. The lowest BCUT2D eigenvalue weighted by atomic mass is 10.0. The van der Waals surface area contributed by atoms with Crippen molar-refractivity contribution in [1.82, 2.24) is 20.0 Å². The molecule has 2 unspecified atom stereocenters. The summed E-state index contributed by atoms with van der Waals surface area (Å²) in [6.07, 6.45) is 2.74. The number of nitrogens with zero attached hydrogens (tertiary/aromatic N) is 4. The lowest BCUT2D eigenvalue weighted by Crippen LogP contribution is -2.14. The first-order valence-electron chi connectivity index (χ1n) is 14.9. The van der Waals surface area contributed by atoms with Crippen LogP contribution in [0.4, 0.5) is 5.13 Å². The van der Waals surface area contributed by atoms with Gasteiger partial charge in [0.25, 0.3) is 0 Å². The number of ether oxygens (including phenoxy) is 1. The van der Waals surface area contributed by atoms with Gasteiger partial charge in [0.1, 0.15) is 10.8 Å². The first-order valence-corrected chi connectivity index (χ1v) is 17.1. The van der Waals surface area contributed by atoms with Crippen molar-refractivity contribution in [2.24, 2.45) is 5.92 Å². The van der Waals surface area contributed by atoms with Crippen LogP contribution in [0.15, 0.2) is 108 Å². The smallest absolute Gasteiger partial charge is 0.229 e. The number of thioether (sulfide) groups is 1. The van der Waals surface area contributed by atoms with Crippen molar-refractivity contribution in [3.05, 3.63) is 125 Å². The molecule has 46 heavy (non-hydrogen) atoms. The lowest BCUT2D eigenvalue weighted by molar-refractivity contribution is -0.117. The topological polar surface area (TPSA) is 81.9 Å². The number of nitrogens with one attached hydrogen (secondary N) is 1. The molecular formula is C36H30ClN5O2S2. The Kier molecular flexibility index (Phi) is 8.62. The summed E-state index contributed by atoms with van der Waals surface area (Å²) in [7, 11) is 1.59. The van der Waals surface area contributed by atoms with Crippen LogP contribution in [0.5, 0.6) is 5.75 Å². The van der Waals surface area contributed by atoms with Crippen LogP contribution in [0.2, 0.25) is 5.02 Å². The molecule has 2 atom stereocenters. The maximum atomic E-state index is 13.4. The predicted molar refractivity (Wildman–Crippen MR) is 186 cm³/mol. The SMILES string of the molecule is COc1ccc(-c2nn(-c3ccccc3)cc2C2CC2C(=O)Nc2nnc(-c3ccc(CSc4ccc(C)cc4)cc3)s2)cc1Cl. The highest BCUT2D eigenvalue weighted by Crippen LogP contribution is 2.51. The Bertz CT molecular complexity index is 1990. The van der Waals surface area contributed by atoms with E-state index in [9.17, 15) is 4.79 Å². The number of aromatic nitrogens is 4. The quantitative estimate of drug-likeness (QED) is 0.147. The van der Waals surface area contributed by atoms with Gasteiger partial charge in [-0.15, -0.1) is 22.0 Å². The highest BCUT2D eigenvalue weighted by atomic mass is 35.5. The van der Waals surface area contributed by atoms with E-state index in [1.165, 1.54) is 27.4 Å². The molecular weight excluding hydrogens is 634 g/mol. The first-order chi connectivity index (χ1) is 22.4. The molecule has 0 aliphatic heterocycles. The molecule has 1 saturated carbocycles. The monoisotopic (exact) mass is 663 g/mol. The van der Waals surface area contributed by atoms with Crippen LogP contribution in [0.1, 0.15) is 29.0 Å². The maximum Gasteiger partial charge on any atom is 0.229 e. The summed E-state index contributed by atoms with van der Waals surface area (Å²) in [5.41, 5.74) is 7.09. The summed E-state index contributed by atoms with van der Waals surface area (Å²) in [4.78, 5) is 14.6. The molecule has 1 aliphatic rings. The lowest BCUT2D eigenvalue weighted by Gasteiger charge is -2.06. The van der Waals surface area contributed by atoms with E-state index in [1.54, 1.807) is 7.11 Å². The van der Waals surface area contributed by atoms with Gasteiger partial charge in [-0.3, -0.25) is 4.79 Å². The molecule has 10 heteroatoms. The number of aryl methyl sites for hydroxylation is 1. The van der Waals surface area contributed by atoms with Gasteiger partial charge in [0.2, 0.25) is 11.0 Å². The molecule has 1 N–H and O–H groups in total. The fourth-order valence-corrected chi connectivity index (χ4v) is 7.24. The minimum absolute atomic E-state index is 0.0195. The minimum Gasteiger partial charge on any atom is -0.495 e. The third-order valence-corrected chi connectivity index (χ3v) is 10.3. The molecule has 4 aromatic carbocycles. The highest BCUT2D eigenvalue weighted by molar-refractivity contribution is 7.98. The number of anilines is 1. The average Bonchev–Trinajstić information content (AvgIpc) is 3.53. The molecule has 0 bridgehead atoms. The van der Waals surface area contributed by atoms with Gasteiger partial charge in [-0.2, -0.15) is 5.10 Å². The van der Waals surface area contributed by atoms with Gasteiger partial charge < -0.3 is 10.1 Å². The summed E-state index contributed by atoms with van der Waals surface area (Å²) >= 11 is 9.67. The number of carbonyl (C=O) groups excluding carboxylic acids is 1. The number of rotatable bonds is 10. The number of carbonyl (C=O) groups is 1. The van der Waals surface area contributed by atoms with Gasteiger partial charge in [0, 0.05) is 45.4 Å². The summed E-state index contributed by atoms with van der Waals surface area (Å²) in [6.45, 7) is 2.10. The zero-order chi connectivity index (χ0) is 31.6. The number of hydrogen-bond acceptors (Lipinski definition) is 7. The minimum atomic E-state index is -0.196. The molecule has 230 valence electrons. The summed E-state index contributed by atoms with van der Waals surface area (Å²) in [5.74, 6) is 1.25.